The van der Waals surface area contributed by atoms with E-state index in [1.54, 1.807) is 0 Å². The lowest BCUT2D eigenvalue weighted by Crippen LogP contribution is -3.00. The van der Waals surface area contributed by atoms with Crippen molar-refractivity contribution in [2.45, 2.75) is 114 Å². The number of halogens is 1. The third kappa shape index (κ3) is 4.90. The van der Waals surface area contributed by atoms with E-state index in [-0.39, 0.29) is 49.2 Å². The number of hydrogen-bond acceptors (Lipinski definition) is 6. The van der Waals surface area contributed by atoms with E-state index in [4.69, 9.17) is 14.2 Å². The minimum Gasteiger partial charge on any atom is -1.00 e. The van der Waals surface area contributed by atoms with Crippen molar-refractivity contribution in [3.8, 4) is 0 Å². The number of benzene rings is 1. The van der Waals surface area contributed by atoms with Gasteiger partial charge in [0.2, 0.25) is 5.72 Å². The number of esters is 1. The molecule has 0 amide bonds. The Morgan fingerprint density at radius 1 is 1.14 bits per heavy atom. The van der Waals surface area contributed by atoms with Gasteiger partial charge in [0.25, 0.3) is 0 Å². The molecule has 0 aromatic heterocycles. The lowest BCUT2D eigenvalue weighted by atomic mass is 9.80. The normalized spacial score (nSPS) is 38.3. The Morgan fingerprint density at radius 3 is 2.76 bits per heavy atom. The molecule has 7 nitrogen and oxygen atoms in total. The fourth-order valence-corrected chi connectivity index (χ4v) is 7.21. The molecule has 37 heavy (non-hydrogen) atoms. The van der Waals surface area contributed by atoms with Gasteiger partial charge in [0.05, 0.1) is 24.3 Å². The first-order chi connectivity index (χ1) is 17.5. The van der Waals surface area contributed by atoms with E-state index in [0.29, 0.717) is 6.04 Å². The van der Waals surface area contributed by atoms with Crippen molar-refractivity contribution in [2.75, 3.05) is 0 Å². The summed E-state index contributed by atoms with van der Waals surface area (Å²) in [5, 5.41) is 7.58. The molecule has 5 heterocycles. The highest BCUT2D eigenvalue weighted by Gasteiger charge is 2.64. The zero-order chi connectivity index (χ0) is 24.8. The van der Waals surface area contributed by atoms with Crippen molar-refractivity contribution in [3.05, 3.63) is 48.0 Å². The van der Waals surface area contributed by atoms with Gasteiger partial charge in [-0.25, -0.2) is 10.6 Å². The number of nitrogens with one attached hydrogen (secondary N) is 2. The van der Waals surface area contributed by atoms with E-state index >= 15 is 0 Å². The average molecular weight is 530 g/mol. The van der Waals surface area contributed by atoms with Crippen LogP contribution in [0.15, 0.2) is 42.5 Å². The Kier molecular flexibility index (Phi) is 7.58. The monoisotopic (exact) mass is 529 g/mol. The minimum absolute atomic E-state index is 0. The Labute approximate surface area is 226 Å². The smallest absolute Gasteiger partial charge is 0.350 e. The Morgan fingerprint density at radius 2 is 1.97 bits per heavy atom. The number of allylic oxidation sites excluding steroid dienone is 1. The van der Waals surface area contributed by atoms with Crippen molar-refractivity contribution in [2.24, 2.45) is 5.92 Å². The van der Waals surface area contributed by atoms with Gasteiger partial charge in [0.1, 0.15) is 6.61 Å². The minimum atomic E-state index is -0.768. The van der Waals surface area contributed by atoms with Crippen LogP contribution in [0.4, 0.5) is 0 Å². The number of nitrogens with zero attached hydrogens (tertiary/aromatic N) is 1. The molecule has 0 saturated carbocycles. The molecule has 2 saturated heterocycles. The summed E-state index contributed by atoms with van der Waals surface area (Å²) in [5.74, 6) is 0.437. The van der Waals surface area contributed by atoms with Crippen LogP contribution in [0.5, 0.6) is 0 Å². The maximum Gasteiger partial charge on any atom is 0.350 e. The van der Waals surface area contributed by atoms with Crippen LogP contribution in [0.25, 0.3) is 0 Å². The topological polar surface area (TPSA) is 71.8 Å². The van der Waals surface area contributed by atoms with Gasteiger partial charge < -0.3 is 26.6 Å². The second-order valence-corrected chi connectivity index (χ2v) is 11.3. The molecule has 0 unspecified atom stereocenters. The standard InChI is InChI=1S/C29H39N3O4.ClH/c1-3-23-13-7-8-16-28(36-23)18-22-14-15-24-25(26(33)34-19-21-11-5-4-6-12-21)29(17-9-10-20(2)35-29)31-27(30-28)32(22)24;/h4-7,11-13,20,22-25H,3,8-10,14-19H2,1-2H3,(H,30,31);1H/t20-,22+,23+,24-,25-,28+,29-;/m1./s1. The van der Waals surface area contributed by atoms with Crippen LogP contribution in [-0.2, 0) is 25.6 Å². The maximum absolute atomic E-state index is 13.8. The summed E-state index contributed by atoms with van der Waals surface area (Å²) < 4.78 is 21.8. The molecule has 2 fully saturated rings. The molecule has 0 radical (unpaired) electrons. The number of guanidine groups is 1. The zero-order valence-electron chi connectivity index (χ0n) is 22.0. The van der Waals surface area contributed by atoms with Crippen molar-refractivity contribution in [3.63, 3.8) is 0 Å². The molecule has 0 bridgehead atoms. The molecular weight excluding hydrogens is 490 g/mol. The molecular formula is C29H40ClN3O4. The quantitative estimate of drug-likeness (QED) is 0.344. The summed E-state index contributed by atoms with van der Waals surface area (Å²) in [6.45, 7) is 4.58. The maximum atomic E-state index is 13.8. The molecule has 2 spiro atoms. The fraction of sp³-hybridized carbons (Fsp3) is 0.655. The lowest BCUT2D eigenvalue weighted by Gasteiger charge is -2.50. The Bertz CT molecular complexity index is 1050. The zero-order valence-corrected chi connectivity index (χ0v) is 22.7. The molecule has 1 aromatic rings. The second kappa shape index (κ2) is 10.6. The van der Waals surface area contributed by atoms with Crippen LogP contribution >= 0.6 is 0 Å². The molecule has 0 aliphatic carbocycles. The lowest BCUT2D eigenvalue weighted by molar-refractivity contribution is -0.609. The fourth-order valence-electron chi connectivity index (χ4n) is 7.21. The summed E-state index contributed by atoms with van der Waals surface area (Å²) in [6.07, 6.45) is 13.3. The third-order valence-corrected chi connectivity index (χ3v) is 8.83. The molecule has 2 N–H and O–H groups in total. The van der Waals surface area contributed by atoms with Crippen molar-refractivity contribution in [1.82, 2.24) is 10.6 Å². The summed E-state index contributed by atoms with van der Waals surface area (Å²) in [7, 11) is 0. The Hall–Kier alpha value is -2.09. The highest BCUT2D eigenvalue weighted by molar-refractivity contribution is 5.82. The first kappa shape index (κ1) is 26.5. The predicted molar refractivity (Wildman–Crippen MR) is 136 cm³/mol. The van der Waals surface area contributed by atoms with Crippen molar-refractivity contribution in [1.29, 1.82) is 0 Å². The summed E-state index contributed by atoms with van der Waals surface area (Å²) in [5.41, 5.74) is -0.162. The summed E-state index contributed by atoms with van der Waals surface area (Å²) in [4.78, 5) is 13.8. The van der Waals surface area contributed by atoms with Gasteiger partial charge in [-0.2, -0.15) is 0 Å². The number of carbonyl (C=O) groups excluding carboxylic acids is 1. The van der Waals surface area contributed by atoms with Crippen LogP contribution in [0, 0.1) is 5.92 Å². The van der Waals surface area contributed by atoms with Gasteiger partial charge in [-0.05, 0) is 51.0 Å². The average Bonchev–Trinajstić information content (AvgIpc) is 3.18. The predicted octanol–water partition coefficient (Wildman–Crippen LogP) is 0.973. The SMILES string of the molecule is CC[C@H]1C=CCC[C@@]2(C[C@@H]3CC[C@@H]4[C@H](C(=O)OCc5ccccc5)[C@]5(CCC[C@@H](C)O5)NC(=[N+]34)N2)O1.[Cl-]. The molecule has 8 heteroatoms. The Balaban J connectivity index is 0.00000280. The molecule has 5 aliphatic heterocycles. The van der Waals surface area contributed by atoms with E-state index in [1.807, 2.05) is 30.3 Å². The highest BCUT2D eigenvalue weighted by atomic mass is 35.5. The van der Waals surface area contributed by atoms with Crippen molar-refractivity contribution >= 4 is 11.9 Å². The van der Waals surface area contributed by atoms with Gasteiger partial charge >= 0.3 is 11.9 Å². The van der Waals surface area contributed by atoms with Crippen LogP contribution < -0.4 is 23.0 Å². The van der Waals surface area contributed by atoms with Gasteiger partial charge in [-0.3, -0.25) is 9.37 Å². The second-order valence-electron chi connectivity index (χ2n) is 11.3. The van der Waals surface area contributed by atoms with Gasteiger partial charge in [0, 0.05) is 19.3 Å². The first-order valence-corrected chi connectivity index (χ1v) is 14.0. The van der Waals surface area contributed by atoms with E-state index in [1.165, 1.54) is 0 Å². The number of ether oxygens (including phenoxy) is 3. The first-order valence-electron chi connectivity index (χ1n) is 14.0. The number of hydrogen-bond donors (Lipinski definition) is 2. The number of rotatable bonds is 4. The highest BCUT2D eigenvalue weighted by Crippen LogP contribution is 2.45. The van der Waals surface area contributed by atoms with E-state index < -0.39 is 11.4 Å². The van der Waals surface area contributed by atoms with Crippen LogP contribution in [0.2, 0.25) is 0 Å². The molecule has 1 aromatic carbocycles. The van der Waals surface area contributed by atoms with E-state index in [9.17, 15) is 4.79 Å². The third-order valence-electron chi connectivity index (χ3n) is 8.83. The van der Waals surface area contributed by atoms with E-state index in [2.05, 4.69) is 41.2 Å². The van der Waals surface area contributed by atoms with Gasteiger partial charge in [0.15, 0.2) is 11.6 Å². The van der Waals surface area contributed by atoms with Crippen LogP contribution in [0.1, 0.15) is 77.2 Å². The van der Waals surface area contributed by atoms with Crippen LogP contribution in [-0.4, -0.2) is 52.2 Å². The summed E-state index contributed by atoms with van der Waals surface area (Å²) in [6, 6.07) is 10.3. The van der Waals surface area contributed by atoms with Crippen molar-refractivity contribution < 1.29 is 36.0 Å². The molecule has 5 aliphatic rings. The van der Waals surface area contributed by atoms with Gasteiger partial charge in [-0.15, -0.1) is 0 Å². The van der Waals surface area contributed by atoms with Crippen LogP contribution in [0.3, 0.4) is 0 Å². The van der Waals surface area contributed by atoms with Gasteiger partial charge in [-0.1, -0.05) is 49.4 Å². The molecule has 7 atom stereocenters. The number of carbonyl (C=O) groups is 1. The molecule has 6 rings (SSSR count). The van der Waals surface area contributed by atoms with E-state index in [0.717, 1.165) is 69.3 Å². The summed E-state index contributed by atoms with van der Waals surface area (Å²) >= 11 is 0. The largest absolute Gasteiger partial charge is 1.00 e. The molecule has 202 valence electrons.